The molecule has 0 amide bonds. The first-order valence-corrected chi connectivity index (χ1v) is 9.41. The highest BCUT2D eigenvalue weighted by atomic mass is 32.2. The highest BCUT2D eigenvalue weighted by molar-refractivity contribution is 7.89. The van der Waals surface area contributed by atoms with Gasteiger partial charge in [-0.25, -0.2) is 18.1 Å². The molecule has 8 nitrogen and oxygen atoms in total. The highest BCUT2D eigenvalue weighted by Gasteiger charge is 2.18. The number of nitrogens with zero attached hydrogens (tertiary/aromatic N) is 2. The van der Waals surface area contributed by atoms with Crippen molar-refractivity contribution in [3.63, 3.8) is 0 Å². The maximum absolute atomic E-state index is 12.3. The third-order valence-electron chi connectivity index (χ3n) is 3.41. The standard InChI is InChI=1S/C15H13N3O5S2/c1-10-14(24-15(17-10)13-3-2-8-23-13)9-16-25(21,22)12-6-4-11(5-7-12)18(19)20/h2-8,16H,9H2,1H3. The van der Waals surface area contributed by atoms with Gasteiger partial charge in [0.15, 0.2) is 10.8 Å². The van der Waals surface area contributed by atoms with Gasteiger partial charge in [-0.1, -0.05) is 0 Å². The molecule has 0 radical (unpaired) electrons. The van der Waals surface area contributed by atoms with Crippen molar-refractivity contribution in [2.45, 2.75) is 18.4 Å². The van der Waals surface area contributed by atoms with Crippen molar-refractivity contribution in [3.05, 3.63) is 63.3 Å². The molecule has 0 aliphatic carbocycles. The number of nitro groups is 1. The first-order chi connectivity index (χ1) is 11.9. The van der Waals surface area contributed by atoms with E-state index in [0.29, 0.717) is 16.5 Å². The van der Waals surface area contributed by atoms with Crippen molar-refractivity contribution in [1.82, 2.24) is 9.71 Å². The molecule has 0 saturated heterocycles. The zero-order chi connectivity index (χ0) is 18.0. The second kappa shape index (κ2) is 6.75. The summed E-state index contributed by atoms with van der Waals surface area (Å²) in [5.74, 6) is 0.623. The van der Waals surface area contributed by atoms with Gasteiger partial charge in [-0.2, -0.15) is 0 Å². The minimum absolute atomic E-state index is 0.0356. The van der Waals surface area contributed by atoms with Crippen molar-refractivity contribution in [3.8, 4) is 10.8 Å². The van der Waals surface area contributed by atoms with E-state index in [2.05, 4.69) is 9.71 Å². The fourth-order valence-electron chi connectivity index (χ4n) is 2.09. The summed E-state index contributed by atoms with van der Waals surface area (Å²) < 4.78 is 32.4. The summed E-state index contributed by atoms with van der Waals surface area (Å²) in [6.07, 6.45) is 1.54. The Labute approximate surface area is 147 Å². The van der Waals surface area contributed by atoms with Crippen LogP contribution in [0.5, 0.6) is 0 Å². The van der Waals surface area contributed by atoms with E-state index >= 15 is 0 Å². The number of hydrogen-bond donors (Lipinski definition) is 1. The molecule has 2 aromatic heterocycles. The van der Waals surface area contributed by atoms with Gasteiger partial charge >= 0.3 is 0 Å². The summed E-state index contributed by atoms with van der Waals surface area (Å²) in [5.41, 5.74) is 0.545. The van der Waals surface area contributed by atoms with Crippen LogP contribution >= 0.6 is 11.3 Å². The second-order valence-electron chi connectivity index (χ2n) is 5.08. The number of sulfonamides is 1. The van der Waals surface area contributed by atoms with Crippen molar-refractivity contribution in [2.24, 2.45) is 0 Å². The molecule has 0 unspecified atom stereocenters. The molecular formula is C15H13N3O5S2. The normalized spacial score (nSPS) is 11.6. The van der Waals surface area contributed by atoms with Crippen LogP contribution in [0.4, 0.5) is 5.69 Å². The SMILES string of the molecule is Cc1nc(-c2ccco2)sc1CNS(=O)(=O)c1ccc([N+](=O)[O-])cc1. The van der Waals surface area contributed by atoms with Crippen molar-refractivity contribution < 1.29 is 17.8 Å². The van der Waals surface area contributed by atoms with Crippen molar-refractivity contribution in [2.75, 3.05) is 0 Å². The van der Waals surface area contributed by atoms with E-state index in [-0.39, 0.29) is 17.1 Å². The molecule has 0 saturated carbocycles. The smallest absolute Gasteiger partial charge is 0.269 e. The van der Waals surface area contributed by atoms with Gasteiger partial charge in [-0.3, -0.25) is 10.1 Å². The molecule has 3 aromatic rings. The number of non-ortho nitro benzene ring substituents is 1. The molecule has 25 heavy (non-hydrogen) atoms. The van der Waals surface area contributed by atoms with Crippen molar-refractivity contribution >= 4 is 27.0 Å². The van der Waals surface area contributed by atoms with E-state index in [0.717, 1.165) is 17.0 Å². The Bertz CT molecular complexity index is 992. The monoisotopic (exact) mass is 379 g/mol. The van der Waals surface area contributed by atoms with Gasteiger partial charge in [0.25, 0.3) is 5.69 Å². The molecule has 130 valence electrons. The number of rotatable bonds is 6. The molecule has 0 fully saturated rings. The summed E-state index contributed by atoms with van der Waals surface area (Å²) in [6.45, 7) is 1.86. The molecule has 0 spiro atoms. The van der Waals surface area contributed by atoms with E-state index in [1.54, 1.807) is 25.3 Å². The maximum atomic E-state index is 12.3. The van der Waals surface area contributed by atoms with Crippen LogP contribution in [0, 0.1) is 17.0 Å². The summed E-state index contributed by atoms with van der Waals surface area (Å²) in [4.78, 5) is 15.2. The quantitative estimate of drug-likeness (QED) is 0.520. The van der Waals surface area contributed by atoms with E-state index in [1.165, 1.54) is 23.5 Å². The molecule has 1 aromatic carbocycles. The third-order valence-corrected chi connectivity index (χ3v) is 5.99. The Morgan fingerprint density at radius 1 is 1.28 bits per heavy atom. The molecule has 0 aliphatic heterocycles. The number of aryl methyl sites for hydroxylation is 1. The number of thiazole rings is 1. The van der Waals surface area contributed by atoms with Crippen LogP contribution in [0.3, 0.4) is 0 Å². The lowest BCUT2D eigenvalue weighted by Gasteiger charge is -2.05. The third kappa shape index (κ3) is 3.76. The Balaban J connectivity index is 1.75. The summed E-state index contributed by atoms with van der Waals surface area (Å²) in [5, 5.41) is 11.3. The van der Waals surface area contributed by atoms with Gasteiger partial charge < -0.3 is 4.42 Å². The van der Waals surface area contributed by atoms with Gasteiger partial charge in [0.1, 0.15) is 0 Å². The second-order valence-corrected chi connectivity index (χ2v) is 7.93. The lowest BCUT2D eigenvalue weighted by molar-refractivity contribution is -0.384. The lowest BCUT2D eigenvalue weighted by Crippen LogP contribution is -2.23. The molecule has 1 N–H and O–H groups in total. The Morgan fingerprint density at radius 3 is 2.60 bits per heavy atom. The number of nitro benzene ring substituents is 1. The van der Waals surface area contributed by atoms with Gasteiger partial charge in [-0.15, -0.1) is 11.3 Å². The van der Waals surface area contributed by atoms with E-state index in [4.69, 9.17) is 4.42 Å². The molecule has 2 heterocycles. The topological polar surface area (TPSA) is 115 Å². The highest BCUT2D eigenvalue weighted by Crippen LogP contribution is 2.28. The van der Waals surface area contributed by atoms with E-state index < -0.39 is 14.9 Å². The van der Waals surface area contributed by atoms with Gasteiger partial charge in [-0.05, 0) is 31.2 Å². The zero-order valence-electron chi connectivity index (χ0n) is 13.0. The number of hydrogen-bond acceptors (Lipinski definition) is 7. The maximum Gasteiger partial charge on any atom is 0.269 e. The molecule has 3 rings (SSSR count). The van der Waals surface area contributed by atoms with Crippen LogP contribution in [-0.2, 0) is 16.6 Å². The van der Waals surface area contributed by atoms with Gasteiger partial charge in [0.2, 0.25) is 10.0 Å². The average molecular weight is 379 g/mol. The van der Waals surface area contributed by atoms with Crippen LogP contribution in [-0.4, -0.2) is 18.3 Å². The first-order valence-electron chi connectivity index (χ1n) is 7.11. The minimum Gasteiger partial charge on any atom is -0.462 e. The molecule has 0 bridgehead atoms. The van der Waals surface area contributed by atoms with Crippen LogP contribution in [0.15, 0.2) is 52.0 Å². The minimum atomic E-state index is -3.78. The summed E-state index contributed by atoms with van der Waals surface area (Å²) in [6, 6.07) is 8.25. The average Bonchev–Trinajstić information content (AvgIpc) is 3.23. The Morgan fingerprint density at radius 2 is 2.00 bits per heavy atom. The number of aromatic nitrogens is 1. The Kier molecular flexibility index (Phi) is 4.66. The lowest BCUT2D eigenvalue weighted by atomic mass is 10.3. The number of furan rings is 1. The predicted octanol–water partition coefficient (Wildman–Crippen LogP) is 3.10. The van der Waals surface area contributed by atoms with E-state index in [9.17, 15) is 18.5 Å². The van der Waals surface area contributed by atoms with Crippen LogP contribution in [0.1, 0.15) is 10.6 Å². The van der Waals surface area contributed by atoms with Crippen LogP contribution < -0.4 is 4.72 Å². The van der Waals surface area contributed by atoms with E-state index in [1.807, 2.05) is 0 Å². The van der Waals surface area contributed by atoms with Crippen molar-refractivity contribution in [1.29, 1.82) is 0 Å². The predicted molar refractivity (Wildman–Crippen MR) is 91.7 cm³/mol. The largest absolute Gasteiger partial charge is 0.462 e. The summed E-state index contributed by atoms with van der Waals surface area (Å²) in [7, 11) is -3.78. The first kappa shape index (κ1) is 17.3. The molecule has 10 heteroatoms. The van der Waals surface area contributed by atoms with Crippen LogP contribution in [0.25, 0.3) is 10.8 Å². The summed E-state index contributed by atoms with van der Waals surface area (Å²) >= 11 is 1.34. The number of nitrogens with one attached hydrogen (secondary N) is 1. The fourth-order valence-corrected chi connectivity index (χ4v) is 4.15. The van der Waals surface area contributed by atoms with Gasteiger partial charge in [0, 0.05) is 23.6 Å². The molecule has 0 atom stereocenters. The fraction of sp³-hybridized carbons (Fsp3) is 0.133. The molecular weight excluding hydrogens is 366 g/mol. The van der Waals surface area contributed by atoms with Gasteiger partial charge in [0.05, 0.1) is 21.8 Å². The van der Waals surface area contributed by atoms with Crippen LogP contribution in [0.2, 0.25) is 0 Å². The zero-order valence-corrected chi connectivity index (χ0v) is 14.6. The number of benzene rings is 1. The Hall–Kier alpha value is -2.56. The molecule has 0 aliphatic rings.